The minimum absolute atomic E-state index is 0.820. The molecule has 0 spiro atoms. The number of nitrogens with zero attached hydrogens (tertiary/aromatic N) is 1. The zero-order valence-electron chi connectivity index (χ0n) is 25.1. The molecule has 0 aliphatic rings. The Morgan fingerprint density at radius 3 is 1.52 bits per heavy atom. The van der Waals surface area contributed by atoms with E-state index in [1.807, 2.05) is 78.9 Å². The predicted octanol–water partition coefficient (Wildman–Crippen LogP) is 10.0. The van der Waals surface area contributed by atoms with Crippen molar-refractivity contribution in [1.29, 1.82) is 0 Å². The van der Waals surface area contributed by atoms with Crippen molar-refractivity contribution in [2.45, 2.75) is 0 Å². The molecular weight excluding hydrogens is 577 g/mol. The van der Waals surface area contributed by atoms with Crippen LogP contribution in [0.4, 0.5) is 0 Å². The first-order valence-corrected chi connectivity index (χ1v) is 17.2. The number of hydrogen-bond donors (Lipinski definition) is 0. The summed E-state index contributed by atoms with van der Waals surface area (Å²) in [6.07, 6.45) is 0. The third kappa shape index (κ3) is 4.85. The zero-order valence-corrected chi connectivity index (χ0v) is 26.0. The molecule has 3 heteroatoms. The average Bonchev–Trinajstić information content (AvgIpc) is 3.15. The standard InChI is InChI=1S/C43H30NOP/c45-46(35-18-9-3-10-19-35,36-20-11-4-12-21-36)37-27-24-31(25-28-37)34-26-29-41-40(30-34)42-38(32-14-5-1-6-15-32)22-13-23-39(42)43(44-41)33-16-7-2-8-17-33/h1-30H. The van der Waals surface area contributed by atoms with Gasteiger partial charge in [0, 0.05) is 37.6 Å². The van der Waals surface area contributed by atoms with E-state index < -0.39 is 7.14 Å². The van der Waals surface area contributed by atoms with Gasteiger partial charge < -0.3 is 4.57 Å². The van der Waals surface area contributed by atoms with Crippen molar-refractivity contribution < 1.29 is 4.57 Å². The molecule has 0 aliphatic carbocycles. The van der Waals surface area contributed by atoms with Gasteiger partial charge in [0.25, 0.3) is 0 Å². The Morgan fingerprint density at radius 2 is 0.913 bits per heavy atom. The number of hydrogen-bond acceptors (Lipinski definition) is 2. The van der Waals surface area contributed by atoms with E-state index >= 15 is 0 Å². The van der Waals surface area contributed by atoms with Gasteiger partial charge in [0.1, 0.15) is 0 Å². The molecule has 8 aromatic rings. The summed E-state index contributed by atoms with van der Waals surface area (Å²) in [5, 5.41) is 5.91. The van der Waals surface area contributed by atoms with Gasteiger partial charge in [-0.05, 0) is 34.4 Å². The van der Waals surface area contributed by atoms with Crippen molar-refractivity contribution in [3.05, 3.63) is 182 Å². The minimum atomic E-state index is -3.05. The van der Waals surface area contributed by atoms with Gasteiger partial charge in [0.05, 0.1) is 11.2 Å². The second-order valence-corrected chi connectivity index (χ2v) is 14.2. The summed E-state index contributed by atoms with van der Waals surface area (Å²) in [6.45, 7) is 0. The van der Waals surface area contributed by atoms with Crippen LogP contribution in [-0.2, 0) is 4.57 Å². The van der Waals surface area contributed by atoms with Crippen LogP contribution in [0.15, 0.2) is 182 Å². The number of fused-ring (bicyclic) bond motifs is 3. The fourth-order valence-corrected chi connectivity index (χ4v) is 9.14. The highest BCUT2D eigenvalue weighted by Gasteiger charge is 2.29. The largest absolute Gasteiger partial charge is 0.309 e. The predicted molar refractivity (Wildman–Crippen MR) is 195 cm³/mol. The summed E-state index contributed by atoms with van der Waals surface area (Å²) in [7, 11) is -3.05. The third-order valence-corrected chi connectivity index (χ3v) is 11.8. The van der Waals surface area contributed by atoms with Crippen LogP contribution in [0.3, 0.4) is 0 Å². The first-order chi connectivity index (χ1) is 22.7. The van der Waals surface area contributed by atoms with Crippen molar-refractivity contribution in [2.75, 3.05) is 0 Å². The summed E-state index contributed by atoms with van der Waals surface area (Å²) < 4.78 is 14.9. The number of benzene rings is 7. The molecule has 218 valence electrons. The molecule has 0 amide bonds. The van der Waals surface area contributed by atoms with Gasteiger partial charge in [-0.1, -0.05) is 170 Å². The third-order valence-electron chi connectivity index (χ3n) is 8.75. The Labute approximate surface area is 269 Å². The molecule has 0 N–H and O–H groups in total. The molecule has 0 aliphatic heterocycles. The molecule has 7 aromatic carbocycles. The van der Waals surface area contributed by atoms with Crippen molar-refractivity contribution in [3.63, 3.8) is 0 Å². The molecule has 0 unspecified atom stereocenters. The summed E-state index contributed by atoms with van der Waals surface area (Å²) >= 11 is 0. The molecule has 2 nitrogen and oxygen atoms in total. The smallest absolute Gasteiger partial charge is 0.171 e. The fourth-order valence-electron chi connectivity index (χ4n) is 6.50. The topological polar surface area (TPSA) is 30.0 Å². The molecule has 1 heterocycles. The Balaban J connectivity index is 1.30. The van der Waals surface area contributed by atoms with Crippen LogP contribution >= 0.6 is 7.14 Å². The van der Waals surface area contributed by atoms with E-state index in [-0.39, 0.29) is 0 Å². The summed E-state index contributed by atoms with van der Waals surface area (Å²) in [5.41, 5.74) is 7.54. The molecule has 0 bridgehead atoms. The molecule has 0 saturated heterocycles. The van der Waals surface area contributed by atoms with E-state index in [1.54, 1.807) is 0 Å². The molecule has 8 rings (SSSR count). The molecule has 0 fully saturated rings. The van der Waals surface area contributed by atoms with Crippen molar-refractivity contribution in [2.24, 2.45) is 0 Å². The van der Waals surface area contributed by atoms with Gasteiger partial charge in [-0.2, -0.15) is 0 Å². The van der Waals surface area contributed by atoms with E-state index in [9.17, 15) is 4.57 Å². The summed E-state index contributed by atoms with van der Waals surface area (Å²) in [6, 6.07) is 62.0. The van der Waals surface area contributed by atoms with Crippen LogP contribution < -0.4 is 15.9 Å². The van der Waals surface area contributed by atoms with E-state index in [0.29, 0.717) is 0 Å². The minimum Gasteiger partial charge on any atom is -0.309 e. The first kappa shape index (κ1) is 28.0. The van der Waals surface area contributed by atoms with Crippen molar-refractivity contribution >= 4 is 44.7 Å². The molecule has 1 aromatic heterocycles. The van der Waals surface area contributed by atoms with Crippen molar-refractivity contribution in [1.82, 2.24) is 4.98 Å². The van der Waals surface area contributed by atoms with Gasteiger partial charge in [0.2, 0.25) is 0 Å². The van der Waals surface area contributed by atoms with Gasteiger partial charge >= 0.3 is 0 Å². The average molecular weight is 608 g/mol. The number of pyridine rings is 1. The lowest BCUT2D eigenvalue weighted by Gasteiger charge is -2.20. The Hall–Kier alpha value is -5.56. The Morgan fingerprint density at radius 1 is 0.391 bits per heavy atom. The van der Waals surface area contributed by atoms with Gasteiger partial charge in [0.15, 0.2) is 7.14 Å². The number of rotatable bonds is 6. The van der Waals surface area contributed by atoms with Gasteiger partial charge in [-0.15, -0.1) is 0 Å². The van der Waals surface area contributed by atoms with Crippen LogP contribution in [-0.4, -0.2) is 4.98 Å². The monoisotopic (exact) mass is 607 g/mol. The highest BCUT2D eigenvalue weighted by atomic mass is 31.2. The second kappa shape index (κ2) is 11.7. The van der Waals surface area contributed by atoms with Crippen LogP contribution in [0.5, 0.6) is 0 Å². The van der Waals surface area contributed by atoms with E-state index in [4.69, 9.17) is 4.98 Å². The highest BCUT2D eigenvalue weighted by Crippen LogP contribution is 2.43. The van der Waals surface area contributed by atoms with Gasteiger partial charge in [-0.25, -0.2) is 4.98 Å². The molecule has 0 atom stereocenters. The SMILES string of the molecule is O=P(c1ccccc1)(c1ccccc1)c1ccc(-c2ccc3nc(-c4ccccc4)c4cccc(-c5ccccc5)c4c3c2)cc1. The van der Waals surface area contributed by atoms with E-state index in [1.165, 1.54) is 16.5 Å². The molecule has 0 radical (unpaired) electrons. The Bertz CT molecular complexity index is 2310. The maximum atomic E-state index is 14.9. The lowest BCUT2D eigenvalue weighted by molar-refractivity contribution is 0.592. The van der Waals surface area contributed by atoms with Crippen LogP contribution in [0, 0.1) is 0 Å². The highest BCUT2D eigenvalue weighted by molar-refractivity contribution is 7.85. The molecule has 0 saturated carbocycles. The van der Waals surface area contributed by atoms with Crippen LogP contribution in [0.25, 0.3) is 55.2 Å². The maximum absolute atomic E-state index is 14.9. The van der Waals surface area contributed by atoms with Gasteiger partial charge in [-0.3, -0.25) is 0 Å². The lowest BCUT2D eigenvalue weighted by atomic mass is 9.91. The Kier molecular flexibility index (Phi) is 7.14. The molecular formula is C43H30NOP. The normalized spacial score (nSPS) is 11.6. The maximum Gasteiger partial charge on any atom is 0.171 e. The lowest BCUT2D eigenvalue weighted by Crippen LogP contribution is -2.24. The van der Waals surface area contributed by atoms with E-state index in [2.05, 4.69) is 103 Å². The first-order valence-electron chi connectivity index (χ1n) is 15.5. The summed E-state index contributed by atoms with van der Waals surface area (Å²) in [5.74, 6) is 0. The quantitative estimate of drug-likeness (QED) is 0.139. The van der Waals surface area contributed by atoms with E-state index in [0.717, 1.165) is 54.6 Å². The van der Waals surface area contributed by atoms with Crippen LogP contribution in [0.1, 0.15) is 0 Å². The van der Waals surface area contributed by atoms with Crippen molar-refractivity contribution in [3.8, 4) is 33.5 Å². The second-order valence-electron chi connectivity index (χ2n) is 11.5. The number of aromatic nitrogens is 1. The fraction of sp³-hybridized carbons (Fsp3) is 0. The molecule has 46 heavy (non-hydrogen) atoms. The zero-order chi connectivity index (χ0) is 30.9. The summed E-state index contributed by atoms with van der Waals surface area (Å²) in [4.78, 5) is 5.22. The van der Waals surface area contributed by atoms with Crippen LogP contribution in [0.2, 0.25) is 0 Å².